The van der Waals surface area contributed by atoms with Crippen LogP contribution in [0.3, 0.4) is 0 Å². The number of hydrogen-bond acceptors (Lipinski definition) is 6. The van der Waals surface area contributed by atoms with Gasteiger partial charge in [-0.3, -0.25) is 0 Å². The Balaban J connectivity index is 1.74. The summed E-state index contributed by atoms with van der Waals surface area (Å²) < 4.78 is 12.5. The van der Waals surface area contributed by atoms with Crippen molar-refractivity contribution in [2.24, 2.45) is 0 Å². The van der Waals surface area contributed by atoms with Crippen LogP contribution in [-0.4, -0.2) is 40.7 Å². The molecule has 2 amide bonds. The van der Waals surface area contributed by atoms with Crippen LogP contribution in [0.25, 0.3) is 11.0 Å². The molecule has 0 saturated heterocycles. The molecule has 2 aromatic carbocycles. The summed E-state index contributed by atoms with van der Waals surface area (Å²) in [5.74, 6) is 0.194. The van der Waals surface area contributed by atoms with E-state index in [4.69, 9.17) is 9.47 Å². The van der Waals surface area contributed by atoms with Gasteiger partial charge in [0.1, 0.15) is 11.3 Å². The number of methoxy groups -OCH3 is 1. The molecule has 9 nitrogen and oxygen atoms in total. The Labute approximate surface area is 179 Å². The Hall–Kier alpha value is -3.88. The Morgan fingerprint density at radius 2 is 2.03 bits per heavy atom. The van der Waals surface area contributed by atoms with Crippen LogP contribution in [0.4, 0.5) is 4.79 Å². The number of benzene rings is 2. The average molecular weight is 421 g/mol. The van der Waals surface area contributed by atoms with E-state index in [0.717, 1.165) is 22.2 Å². The fourth-order valence-electron chi connectivity index (χ4n) is 3.72. The van der Waals surface area contributed by atoms with Gasteiger partial charge in [-0.15, -0.1) is 5.10 Å². The normalized spacial score (nSPS) is 16.1. The van der Waals surface area contributed by atoms with Crippen LogP contribution >= 0.6 is 0 Å². The molecule has 3 aromatic rings. The number of ether oxygens (including phenoxy) is 2. The van der Waals surface area contributed by atoms with Crippen molar-refractivity contribution in [1.29, 1.82) is 0 Å². The Morgan fingerprint density at radius 3 is 2.81 bits per heavy atom. The molecular weight excluding hydrogens is 398 g/mol. The first-order valence-electron chi connectivity index (χ1n) is 9.92. The zero-order valence-corrected chi connectivity index (χ0v) is 17.5. The number of nitrogens with one attached hydrogen (secondary N) is 2. The molecule has 0 fully saturated rings. The van der Waals surface area contributed by atoms with Crippen molar-refractivity contribution >= 4 is 23.0 Å². The van der Waals surface area contributed by atoms with E-state index in [1.807, 2.05) is 42.5 Å². The highest BCUT2D eigenvalue weighted by atomic mass is 16.5. The zero-order valence-electron chi connectivity index (χ0n) is 17.5. The number of hydrogen-bond donors (Lipinski definition) is 2. The van der Waals surface area contributed by atoms with Gasteiger partial charge in [0.25, 0.3) is 0 Å². The molecule has 1 atom stereocenters. The Kier molecular flexibility index (Phi) is 5.57. The maximum absolute atomic E-state index is 12.6. The second-order valence-electron chi connectivity index (χ2n) is 7.10. The second-order valence-corrected chi connectivity index (χ2v) is 7.10. The summed E-state index contributed by atoms with van der Waals surface area (Å²) in [7, 11) is 1.60. The van der Waals surface area contributed by atoms with Crippen LogP contribution in [0.1, 0.15) is 31.0 Å². The van der Waals surface area contributed by atoms with Crippen molar-refractivity contribution in [3.63, 3.8) is 0 Å². The second kappa shape index (κ2) is 8.47. The van der Waals surface area contributed by atoms with Crippen molar-refractivity contribution in [3.8, 4) is 5.75 Å². The minimum atomic E-state index is -0.648. The highest BCUT2D eigenvalue weighted by molar-refractivity contribution is 5.95. The van der Waals surface area contributed by atoms with Gasteiger partial charge in [-0.25, -0.2) is 14.3 Å². The SMILES string of the molecule is CCOC(=O)C1=C(C)NC(=O)NC1c1ccc(OC)c(Cn2nnc3ccccc32)c1. The molecule has 0 spiro atoms. The van der Waals surface area contributed by atoms with E-state index >= 15 is 0 Å². The van der Waals surface area contributed by atoms with Crippen LogP contribution in [0, 0.1) is 0 Å². The molecule has 9 heteroatoms. The topological polar surface area (TPSA) is 107 Å². The summed E-state index contributed by atoms with van der Waals surface area (Å²) in [6.07, 6.45) is 0. The van der Waals surface area contributed by atoms with E-state index in [9.17, 15) is 9.59 Å². The average Bonchev–Trinajstić information content (AvgIpc) is 3.16. The highest BCUT2D eigenvalue weighted by Crippen LogP contribution is 2.31. The van der Waals surface area contributed by atoms with Gasteiger partial charge in [-0.05, 0) is 43.7 Å². The molecule has 160 valence electrons. The first kappa shape index (κ1) is 20.4. The van der Waals surface area contributed by atoms with E-state index < -0.39 is 12.0 Å². The van der Waals surface area contributed by atoms with Crippen LogP contribution in [0.15, 0.2) is 53.7 Å². The van der Waals surface area contributed by atoms with Gasteiger partial charge < -0.3 is 20.1 Å². The smallest absolute Gasteiger partial charge is 0.338 e. The lowest BCUT2D eigenvalue weighted by atomic mass is 9.94. The molecule has 1 aromatic heterocycles. The van der Waals surface area contributed by atoms with Gasteiger partial charge >= 0.3 is 12.0 Å². The Morgan fingerprint density at radius 1 is 1.23 bits per heavy atom. The third-order valence-electron chi connectivity index (χ3n) is 5.14. The molecule has 0 saturated carbocycles. The molecule has 31 heavy (non-hydrogen) atoms. The largest absolute Gasteiger partial charge is 0.496 e. The number of carbonyl (C=O) groups is 2. The van der Waals surface area contributed by atoms with Gasteiger partial charge in [0, 0.05) is 11.3 Å². The molecular formula is C22H23N5O4. The van der Waals surface area contributed by atoms with Crippen molar-refractivity contribution in [1.82, 2.24) is 25.6 Å². The molecule has 4 rings (SSSR count). The van der Waals surface area contributed by atoms with Gasteiger partial charge in [-0.1, -0.05) is 23.4 Å². The number of aromatic nitrogens is 3. The number of rotatable bonds is 6. The van der Waals surface area contributed by atoms with E-state index in [1.54, 1.807) is 25.6 Å². The van der Waals surface area contributed by atoms with E-state index in [1.165, 1.54) is 0 Å². The molecule has 0 aliphatic carbocycles. The molecule has 0 radical (unpaired) electrons. The predicted octanol–water partition coefficient (Wildman–Crippen LogP) is 2.68. The van der Waals surface area contributed by atoms with Crippen molar-refractivity contribution in [3.05, 3.63) is 64.9 Å². The third kappa shape index (κ3) is 3.94. The maximum atomic E-state index is 12.6. The maximum Gasteiger partial charge on any atom is 0.338 e. The van der Waals surface area contributed by atoms with Crippen LogP contribution in [0.2, 0.25) is 0 Å². The number of carbonyl (C=O) groups excluding carboxylic acids is 2. The van der Waals surface area contributed by atoms with E-state index in [2.05, 4.69) is 20.9 Å². The summed E-state index contributed by atoms with van der Waals surface area (Å²) >= 11 is 0. The first-order valence-corrected chi connectivity index (χ1v) is 9.92. The number of para-hydroxylation sites is 1. The number of urea groups is 1. The Bertz CT molecular complexity index is 1180. The predicted molar refractivity (Wildman–Crippen MR) is 113 cm³/mol. The van der Waals surface area contributed by atoms with Crippen molar-refractivity contribution in [2.45, 2.75) is 26.4 Å². The summed E-state index contributed by atoms with van der Waals surface area (Å²) in [6.45, 7) is 4.08. The molecule has 1 aliphatic rings. The number of nitrogens with zero attached hydrogens (tertiary/aromatic N) is 3. The monoisotopic (exact) mass is 421 g/mol. The van der Waals surface area contributed by atoms with Gasteiger partial charge in [0.2, 0.25) is 0 Å². The lowest BCUT2D eigenvalue weighted by Gasteiger charge is -2.28. The van der Waals surface area contributed by atoms with Gasteiger partial charge in [0.05, 0.1) is 37.4 Å². The highest BCUT2D eigenvalue weighted by Gasteiger charge is 2.32. The number of amides is 2. The molecule has 2 N–H and O–H groups in total. The number of fused-ring (bicyclic) bond motifs is 1. The standard InChI is InChI=1S/C22H23N5O4/c1-4-31-21(28)19-13(2)23-22(29)24-20(19)14-9-10-18(30-3)15(11-14)12-27-17-8-6-5-7-16(17)25-26-27/h5-11,20H,4,12H2,1-3H3,(H2,23,24,29). The molecule has 0 bridgehead atoms. The fourth-order valence-corrected chi connectivity index (χ4v) is 3.72. The van der Waals surface area contributed by atoms with Crippen molar-refractivity contribution < 1.29 is 19.1 Å². The van der Waals surface area contributed by atoms with Crippen LogP contribution in [0.5, 0.6) is 5.75 Å². The molecule has 1 unspecified atom stereocenters. The summed E-state index contributed by atoms with van der Waals surface area (Å²) in [6, 6.07) is 12.2. The van der Waals surface area contributed by atoms with Gasteiger partial charge in [-0.2, -0.15) is 0 Å². The lowest BCUT2D eigenvalue weighted by molar-refractivity contribution is -0.139. The minimum absolute atomic E-state index is 0.240. The molecule has 2 heterocycles. The van der Waals surface area contributed by atoms with Gasteiger partial charge in [0.15, 0.2) is 0 Å². The molecule has 1 aliphatic heterocycles. The minimum Gasteiger partial charge on any atom is -0.496 e. The first-order chi connectivity index (χ1) is 15.0. The zero-order chi connectivity index (χ0) is 22.0. The number of esters is 1. The lowest BCUT2D eigenvalue weighted by Crippen LogP contribution is -2.45. The summed E-state index contributed by atoms with van der Waals surface area (Å²) in [4.78, 5) is 24.7. The number of allylic oxidation sites excluding steroid dienone is 1. The van der Waals surface area contributed by atoms with Crippen LogP contribution < -0.4 is 15.4 Å². The van der Waals surface area contributed by atoms with E-state index in [-0.39, 0.29) is 12.6 Å². The summed E-state index contributed by atoms with van der Waals surface area (Å²) in [5.41, 5.74) is 4.09. The van der Waals surface area contributed by atoms with E-state index in [0.29, 0.717) is 23.6 Å². The third-order valence-corrected chi connectivity index (χ3v) is 5.14. The van der Waals surface area contributed by atoms with Crippen molar-refractivity contribution in [2.75, 3.05) is 13.7 Å². The fraction of sp³-hybridized carbons (Fsp3) is 0.273. The quantitative estimate of drug-likeness (QED) is 0.593. The van der Waals surface area contributed by atoms with Crippen LogP contribution in [-0.2, 0) is 16.1 Å². The summed E-state index contributed by atoms with van der Waals surface area (Å²) in [5, 5.41) is 13.9.